The molecule has 0 aliphatic heterocycles. The van der Waals surface area contributed by atoms with Gasteiger partial charge in [0.2, 0.25) is 0 Å². The number of aromatic nitrogens is 4. The van der Waals surface area contributed by atoms with Crippen molar-refractivity contribution in [2.24, 2.45) is 0 Å². The van der Waals surface area contributed by atoms with Crippen LogP contribution in [0.1, 0.15) is 38.7 Å². The van der Waals surface area contributed by atoms with E-state index in [1.54, 1.807) is 18.6 Å². The Hall–Kier alpha value is -1.84. The molecule has 0 unspecified atom stereocenters. The molecule has 0 fully saturated rings. The maximum atomic E-state index is 4.44. The molecule has 0 N–H and O–H groups in total. The summed E-state index contributed by atoms with van der Waals surface area (Å²) >= 11 is 0. The molecule has 0 bridgehead atoms. The van der Waals surface area contributed by atoms with E-state index < -0.39 is 0 Å². The van der Waals surface area contributed by atoms with E-state index in [1.807, 2.05) is 13.0 Å². The van der Waals surface area contributed by atoms with Crippen LogP contribution in [0.25, 0.3) is 11.4 Å². The largest absolute Gasteiger partial charge is 0.240 e. The Bertz CT molecular complexity index is 532. The number of hydrogen-bond donors (Lipinski definition) is 0. The number of aryl methyl sites for hydroxylation is 1. The average molecular weight is 242 g/mol. The van der Waals surface area contributed by atoms with Crippen molar-refractivity contribution in [1.82, 2.24) is 19.9 Å². The van der Waals surface area contributed by atoms with E-state index >= 15 is 0 Å². The fourth-order valence-corrected chi connectivity index (χ4v) is 1.54. The Morgan fingerprint density at radius 1 is 1.11 bits per heavy atom. The molecule has 0 saturated carbocycles. The first-order valence-corrected chi connectivity index (χ1v) is 6.15. The van der Waals surface area contributed by atoms with Crippen molar-refractivity contribution in [3.05, 3.63) is 36.2 Å². The Labute approximate surface area is 108 Å². The summed E-state index contributed by atoms with van der Waals surface area (Å²) in [7, 11) is 0. The van der Waals surface area contributed by atoms with Crippen molar-refractivity contribution in [2.75, 3.05) is 0 Å². The Balaban J connectivity index is 2.33. The van der Waals surface area contributed by atoms with Gasteiger partial charge in [0.05, 0.1) is 5.56 Å². The van der Waals surface area contributed by atoms with E-state index in [2.05, 4.69) is 40.7 Å². The lowest BCUT2D eigenvalue weighted by atomic mass is 9.89. The van der Waals surface area contributed by atoms with Gasteiger partial charge in [0.25, 0.3) is 0 Å². The minimum Gasteiger partial charge on any atom is -0.240 e. The van der Waals surface area contributed by atoms with Crippen molar-refractivity contribution >= 4 is 0 Å². The minimum absolute atomic E-state index is 0.00594. The molecule has 18 heavy (non-hydrogen) atoms. The third-order valence-corrected chi connectivity index (χ3v) is 3.19. The van der Waals surface area contributed by atoms with Crippen LogP contribution in [0, 0.1) is 6.92 Å². The van der Waals surface area contributed by atoms with E-state index in [0.29, 0.717) is 5.82 Å². The summed E-state index contributed by atoms with van der Waals surface area (Å²) in [6.07, 6.45) is 6.36. The summed E-state index contributed by atoms with van der Waals surface area (Å²) in [5, 5.41) is 0. The number of rotatable bonds is 3. The van der Waals surface area contributed by atoms with Gasteiger partial charge in [-0.3, -0.25) is 0 Å². The quantitative estimate of drug-likeness (QED) is 0.830. The molecule has 94 valence electrons. The van der Waals surface area contributed by atoms with Gasteiger partial charge < -0.3 is 0 Å². The van der Waals surface area contributed by atoms with Gasteiger partial charge in [0.1, 0.15) is 5.82 Å². The fourth-order valence-electron chi connectivity index (χ4n) is 1.54. The summed E-state index contributed by atoms with van der Waals surface area (Å²) in [6, 6.07) is 1.87. The van der Waals surface area contributed by atoms with Crippen LogP contribution < -0.4 is 0 Å². The second-order valence-electron chi connectivity index (χ2n) is 5.05. The maximum absolute atomic E-state index is 4.44. The molecule has 2 aromatic heterocycles. The second-order valence-corrected chi connectivity index (χ2v) is 5.05. The van der Waals surface area contributed by atoms with Gasteiger partial charge in [-0.2, -0.15) is 0 Å². The van der Waals surface area contributed by atoms with E-state index in [4.69, 9.17) is 0 Å². The van der Waals surface area contributed by atoms with Crippen molar-refractivity contribution in [2.45, 2.75) is 39.5 Å². The summed E-state index contributed by atoms with van der Waals surface area (Å²) in [5.41, 5.74) is 1.80. The van der Waals surface area contributed by atoms with E-state index in [-0.39, 0.29) is 5.41 Å². The molecule has 4 heteroatoms. The second kappa shape index (κ2) is 4.80. The highest BCUT2D eigenvalue weighted by Crippen LogP contribution is 2.23. The highest BCUT2D eigenvalue weighted by Gasteiger charge is 2.21. The molecule has 0 aliphatic carbocycles. The molecule has 0 saturated heterocycles. The highest BCUT2D eigenvalue weighted by molar-refractivity contribution is 5.51. The van der Waals surface area contributed by atoms with Gasteiger partial charge in [-0.1, -0.05) is 20.8 Å². The standard InChI is InChI=1S/C14H18N4/c1-5-14(3,4)13-16-8-11(9-17-13)12-15-7-6-10(2)18-12/h6-9H,5H2,1-4H3. The predicted octanol–water partition coefficient (Wildman–Crippen LogP) is 2.93. The predicted molar refractivity (Wildman–Crippen MR) is 71.1 cm³/mol. The third-order valence-electron chi connectivity index (χ3n) is 3.19. The Kier molecular flexibility index (Phi) is 3.36. The van der Waals surface area contributed by atoms with Gasteiger partial charge in [0.15, 0.2) is 5.82 Å². The SMILES string of the molecule is CCC(C)(C)c1ncc(-c2nccc(C)n2)cn1. The van der Waals surface area contributed by atoms with Crippen LogP contribution in [0.2, 0.25) is 0 Å². The van der Waals surface area contributed by atoms with E-state index in [0.717, 1.165) is 23.5 Å². The topological polar surface area (TPSA) is 51.6 Å². The first-order chi connectivity index (χ1) is 8.53. The summed E-state index contributed by atoms with van der Waals surface area (Å²) in [4.78, 5) is 17.5. The molecular formula is C14H18N4. The highest BCUT2D eigenvalue weighted by atomic mass is 14.9. The molecule has 0 aliphatic rings. The zero-order chi connectivity index (χ0) is 13.2. The zero-order valence-electron chi connectivity index (χ0n) is 11.3. The molecule has 0 amide bonds. The molecule has 0 radical (unpaired) electrons. The van der Waals surface area contributed by atoms with Gasteiger partial charge >= 0.3 is 0 Å². The van der Waals surface area contributed by atoms with Crippen LogP contribution in [0.15, 0.2) is 24.7 Å². The van der Waals surface area contributed by atoms with Gasteiger partial charge in [-0.05, 0) is 19.4 Å². The molecule has 0 spiro atoms. The molecule has 2 heterocycles. The van der Waals surface area contributed by atoms with Gasteiger partial charge in [0, 0.05) is 29.7 Å². The smallest absolute Gasteiger partial charge is 0.162 e. The first-order valence-electron chi connectivity index (χ1n) is 6.15. The average Bonchev–Trinajstić information content (AvgIpc) is 2.39. The van der Waals surface area contributed by atoms with Crippen LogP contribution in [0.4, 0.5) is 0 Å². The van der Waals surface area contributed by atoms with Crippen LogP contribution in [0.5, 0.6) is 0 Å². The lowest BCUT2D eigenvalue weighted by Crippen LogP contribution is -2.19. The normalized spacial score (nSPS) is 11.6. The van der Waals surface area contributed by atoms with Crippen molar-refractivity contribution in [3.8, 4) is 11.4 Å². The van der Waals surface area contributed by atoms with Crippen molar-refractivity contribution in [1.29, 1.82) is 0 Å². The van der Waals surface area contributed by atoms with E-state index in [9.17, 15) is 0 Å². The first kappa shape index (κ1) is 12.6. The fraction of sp³-hybridized carbons (Fsp3) is 0.429. The molecular weight excluding hydrogens is 224 g/mol. The molecule has 0 atom stereocenters. The van der Waals surface area contributed by atoms with Crippen LogP contribution in [-0.2, 0) is 5.41 Å². The number of nitrogens with zero attached hydrogens (tertiary/aromatic N) is 4. The molecule has 2 aromatic rings. The molecule has 2 rings (SSSR count). The maximum Gasteiger partial charge on any atom is 0.162 e. The Morgan fingerprint density at radius 2 is 1.78 bits per heavy atom. The zero-order valence-corrected chi connectivity index (χ0v) is 11.3. The summed E-state index contributed by atoms with van der Waals surface area (Å²) in [5.74, 6) is 1.54. The monoisotopic (exact) mass is 242 g/mol. The van der Waals surface area contributed by atoms with Gasteiger partial charge in [-0.25, -0.2) is 19.9 Å². The van der Waals surface area contributed by atoms with Crippen molar-refractivity contribution < 1.29 is 0 Å². The van der Waals surface area contributed by atoms with Crippen molar-refractivity contribution in [3.63, 3.8) is 0 Å². The Morgan fingerprint density at radius 3 is 2.33 bits per heavy atom. The summed E-state index contributed by atoms with van der Waals surface area (Å²) < 4.78 is 0. The molecule has 0 aromatic carbocycles. The lowest BCUT2D eigenvalue weighted by molar-refractivity contribution is 0.472. The van der Waals surface area contributed by atoms with Crippen LogP contribution in [0.3, 0.4) is 0 Å². The number of hydrogen-bond acceptors (Lipinski definition) is 4. The molecule has 4 nitrogen and oxygen atoms in total. The summed E-state index contributed by atoms with van der Waals surface area (Å²) in [6.45, 7) is 8.37. The van der Waals surface area contributed by atoms with Crippen LogP contribution in [-0.4, -0.2) is 19.9 Å². The van der Waals surface area contributed by atoms with Gasteiger partial charge in [-0.15, -0.1) is 0 Å². The van der Waals surface area contributed by atoms with E-state index in [1.165, 1.54) is 0 Å². The third kappa shape index (κ3) is 2.53. The van der Waals surface area contributed by atoms with Crippen LogP contribution >= 0.6 is 0 Å². The minimum atomic E-state index is 0.00594. The lowest BCUT2D eigenvalue weighted by Gasteiger charge is -2.20.